The summed E-state index contributed by atoms with van der Waals surface area (Å²) in [6.45, 7) is -0.0690. The molecule has 12 heteroatoms. The van der Waals surface area contributed by atoms with Gasteiger partial charge in [-0.2, -0.15) is 8.42 Å². The number of carbonyl (C=O) groups is 1. The van der Waals surface area contributed by atoms with E-state index in [1.165, 1.54) is 0 Å². The Morgan fingerprint density at radius 3 is 2.48 bits per heavy atom. The highest BCUT2D eigenvalue weighted by molar-refractivity contribution is 14.1. The molecule has 0 fully saturated rings. The predicted octanol–water partition coefficient (Wildman–Crippen LogP) is 1.33. The van der Waals surface area contributed by atoms with Gasteiger partial charge in [0.25, 0.3) is 16.1 Å². The van der Waals surface area contributed by atoms with E-state index in [1.807, 2.05) is 0 Å². The summed E-state index contributed by atoms with van der Waals surface area (Å²) in [7, 11) is -4.27. The van der Waals surface area contributed by atoms with Gasteiger partial charge in [-0.3, -0.25) is 10.2 Å². The van der Waals surface area contributed by atoms with Crippen LogP contribution in [0.1, 0.15) is 22.9 Å². The fraction of sp³-hybridized carbons (Fsp3) is 0.158. The van der Waals surface area contributed by atoms with Crippen LogP contribution in [-0.4, -0.2) is 31.9 Å². The van der Waals surface area contributed by atoms with Gasteiger partial charge < -0.3 is 20.6 Å². The van der Waals surface area contributed by atoms with Crippen molar-refractivity contribution in [2.45, 2.75) is 12.5 Å². The highest BCUT2D eigenvalue weighted by Gasteiger charge is 2.25. The maximum atomic E-state index is 12.7. The number of nitrogens with two attached hydrogens (primary N) is 2. The molecule has 3 rings (SSSR count). The summed E-state index contributed by atoms with van der Waals surface area (Å²) in [4.78, 5) is 12.7. The number of rotatable bonds is 8. The Labute approximate surface area is 191 Å². The van der Waals surface area contributed by atoms with Crippen molar-refractivity contribution in [2.75, 3.05) is 11.9 Å². The molecular weight excluding hydrogens is 537 g/mol. The molecule has 10 nitrogen and oxygen atoms in total. The fourth-order valence-corrected chi connectivity index (χ4v) is 4.18. The number of halogens is 1. The Morgan fingerprint density at radius 1 is 1.23 bits per heavy atom. The lowest BCUT2D eigenvalue weighted by Gasteiger charge is -2.20. The molecule has 1 heterocycles. The lowest BCUT2D eigenvalue weighted by atomic mass is 10.0. The molecule has 0 aliphatic carbocycles. The van der Waals surface area contributed by atoms with Gasteiger partial charge in [0.1, 0.15) is 23.2 Å². The van der Waals surface area contributed by atoms with Crippen LogP contribution in [0.5, 0.6) is 0 Å². The van der Waals surface area contributed by atoms with Crippen LogP contribution in [0.2, 0.25) is 0 Å². The van der Waals surface area contributed by atoms with E-state index >= 15 is 0 Å². The standard InChI is InChI=1S/C19H20IN5O5S/c20-15-9-11(7-12-8-14(5-6-26)30-17(12)15)16(19(27)25-31(23,28)29)24-13-3-1-10(2-4-13)18(21)22/h1-4,7-9,16,24,26H,5-6H2,(H3,21,22)(H,25,27)(H2,23,28,29). The molecule has 1 amide bonds. The summed E-state index contributed by atoms with van der Waals surface area (Å²) in [6.07, 6.45) is 0.343. The predicted molar refractivity (Wildman–Crippen MR) is 125 cm³/mol. The zero-order valence-electron chi connectivity index (χ0n) is 16.1. The average Bonchev–Trinajstić information content (AvgIpc) is 3.08. The molecule has 1 unspecified atom stereocenters. The third-order valence-electron chi connectivity index (χ3n) is 4.35. The number of benzene rings is 2. The summed E-state index contributed by atoms with van der Waals surface area (Å²) in [5.74, 6) is -0.382. The summed E-state index contributed by atoms with van der Waals surface area (Å²) >= 11 is 2.06. The molecule has 164 valence electrons. The number of nitrogens with one attached hydrogen (secondary N) is 3. The van der Waals surface area contributed by atoms with Gasteiger partial charge >= 0.3 is 0 Å². The third kappa shape index (κ3) is 5.72. The van der Waals surface area contributed by atoms with Crippen molar-refractivity contribution < 1.29 is 22.7 Å². The first-order chi connectivity index (χ1) is 14.6. The van der Waals surface area contributed by atoms with Crippen LogP contribution >= 0.6 is 22.6 Å². The maximum Gasteiger partial charge on any atom is 0.298 e. The molecule has 0 aliphatic rings. The molecule has 1 atom stereocenters. The first-order valence-corrected chi connectivity index (χ1v) is 11.6. The smallest absolute Gasteiger partial charge is 0.298 e. The van der Waals surface area contributed by atoms with Crippen molar-refractivity contribution in [1.29, 1.82) is 5.41 Å². The normalized spacial score (nSPS) is 12.5. The van der Waals surface area contributed by atoms with Crippen LogP contribution in [0.25, 0.3) is 11.0 Å². The number of fused-ring (bicyclic) bond motifs is 1. The molecule has 8 N–H and O–H groups in total. The summed E-state index contributed by atoms with van der Waals surface area (Å²) in [5, 5.41) is 25.3. The van der Waals surface area contributed by atoms with E-state index in [0.29, 0.717) is 43.5 Å². The van der Waals surface area contributed by atoms with Gasteiger partial charge in [0.05, 0.1) is 10.2 Å². The minimum Gasteiger partial charge on any atom is -0.460 e. The highest BCUT2D eigenvalue weighted by atomic mass is 127. The van der Waals surface area contributed by atoms with E-state index in [0.717, 1.165) is 0 Å². The number of aliphatic hydroxyl groups is 1. The molecule has 0 radical (unpaired) electrons. The monoisotopic (exact) mass is 557 g/mol. The Hall–Kier alpha value is -2.68. The number of hydrogen-bond acceptors (Lipinski definition) is 7. The second-order valence-electron chi connectivity index (χ2n) is 6.69. The van der Waals surface area contributed by atoms with Gasteiger partial charge in [-0.05, 0) is 70.6 Å². The van der Waals surface area contributed by atoms with Crippen molar-refractivity contribution >= 4 is 61.2 Å². The number of furan rings is 1. The van der Waals surface area contributed by atoms with Crippen LogP contribution in [0.15, 0.2) is 46.9 Å². The second kappa shape index (κ2) is 9.21. The van der Waals surface area contributed by atoms with Crippen LogP contribution in [0, 0.1) is 8.98 Å². The van der Waals surface area contributed by atoms with Crippen molar-refractivity contribution in [2.24, 2.45) is 10.9 Å². The third-order valence-corrected chi connectivity index (χ3v) is 5.63. The molecule has 2 aromatic carbocycles. The number of amidine groups is 1. The molecule has 3 aromatic rings. The number of nitrogen functional groups attached to an aromatic ring is 1. The second-order valence-corrected chi connectivity index (χ2v) is 9.14. The molecule has 0 bridgehead atoms. The van der Waals surface area contributed by atoms with E-state index in [1.54, 1.807) is 47.2 Å². The molecule has 1 aromatic heterocycles. The largest absolute Gasteiger partial charge is 0.460 e. The fourth-order valence-electron chi connectivity index (χ4n) is 3.00. The quantitative estimate of drug-likeness (QED) is 0.137. The van der Waals surface area contributed by atoms with Crippen molar-refractivity contribution in [1.82, 2.24) is 4.72 Å². The van der Waals surface area contributed by atoms with Gasteiger partial charge in [0.2, 0.25) is 0 Å². The van der Waals surface area contributed by atoms with E-state index in [9.17, 15) is 13.2 Å². The summed E-state index contributed by atoms with van der Waals surface area (Å²) in [5.41, 5.74) is 7.54. The van der Waals surface area contributed by atoms with Crippen LogP contribution < -0.4 is 20.9 Å². The van der Waals surface area contributed by atoms with Crippen LogP contribution in [0.3, 0.4) is 0 Å². The van der Waals surface area contributed by atoms with Crippen molar-refractivity contribution in [3.63, 3.8) is 0 Å². The lowest BCUT2D eigenvalue weighted by molar-refractivity contribution is -0.120. The molecule has 31 heavy (non-hydrogen) atoms. The Morgan fingerprint density at radius 2 is 1.90 bits per heavy atom. The van der Waals surface area contributed by atoms with Gasteiger partial charge in [-0.25, -0.2) is 9.86 Å². The Kier molecular flexibility index (Phi) is 6.83. The van der Waals surface area contributed by atoms with E-state index in [-0.39, 0.29) is 12.4 Å². The molecular formula is C19H20IN5O5S. The molecule has 0 saturated carbocycles. The zero-order valence-corrected chi connectivity index (χ0v) is 19.0. The van der Waals surface area contributed by atoms with Crippen molar-refractivity contribution in [3.8, 4) is 0 Å². The van der Waals surface area contributed by atoms with Gasteiger partial charge in [0, 0.05) is 23.1 Å². The minimum absolute atomic E-state index is 0.0690. The molecule has 0 saturated heterocycles. The number of anilines is 1. The molecule has 0 aliphatic heterocycles. The first kappa shape index (κ1) is 23.0. The average molecular weight is 557 g/mol. The Bertz CT molecular complexity index is 1240. The topological polar surface area (TPSA) is 185 Å². The van der Waals surface area contributed by atoms with E-state index < -0.39 is 22.2 Å². The minimum atomic E-state index is -4.27. The maximum absolute atomic E-state index is 12.7. The van der Waals surface area contributed by atoms with Gasteiger partial charge in [0.15, 0.2) is 0 Å². The number of hydrogen-bond donors (Lipinski definition) is 6. The lowest BCUT2D eigenvalue weighted by Crippen LogP contribution is -2.41. The first-order valence-electron chi connectivity index (χ1n) is 8.95. The van der Waals surface area contributed by atoms with Gasteiger partial charge in [-0.1, -0.05) is 0 Å². The highest BCUT2D eigenvalue weighted by Crippen LogP contribution is 2.30. The van der Waals surface area contributed by atoms with E-state index in [2.05, 4.69) is 27.9 Å². The Balaban J connectivity index is 2.02. The zero-order chi connectivity index (χ0) is 22.8. The van der Waals surface area contributed by atoms with Gasteiger partial charge in [-0.15, -0.1) is 0 Å². The van der Waals surface area contributed by atoms with Crippen molar-refractivity contribution in [3.05, 3.63) is 62.9 Å². The van der Waals surface area contributed by atoms with Crippen LogP contribution in [0.4, 0.5) is 5.69 Å². The summed E-state index contributed by atoms with van der Waals surface area (Å²) < 4.78 is 31.1. The SMILES string of the molecule is N=C(N)c1ccc(NC(C(=O)NS(N)(=O)=O)c2cc(I)c3oc(CCO)cc3c2)cc1. The number of amides is 1. The number of carbonyl (C=O) groups excluding carboxylic acids is 1. The van der Waals surface area contributed by atoms with Crippen LogP contribution in [-0.2, 0) is 21.4 Å². The van der Waals surface area contributed by atoms with E-state index in [4.69, 9.17) is 25.8 Å². The number of aliphatic hydroxyl groups excluding tert-OH is 1. The summed E-state index contributed by atoms with van der Waals surface area (Å²) in [6, 6.07) is 10.5. The molecule has 0 spiro atoms.